The topological polar surface area (TPSA) is 18.5 Å². The molecule has 22 heavy (non-hydrogen) atoms. The molecule has 2 bridgehead atoms. The molecule has 0 amide bonds. The fourth-order valence-electron chi connectivity index (χ4n) is 4.15. The standard InChI is InChI=1S/C19H27BrO2/c1-12(2)19-10-17(18(5,22-19)9-16(19)20)21-11-15-13(3)7-6-8-14(15)4/h6-8,12,16-17H,9-11H2,1-5H3/t16-,17+,18-,19+/m1/s1. The lowest BCUT2D eigenvalue weighted by Gasteiger charge is -2.35. The highest BCUT2D eigenvalue weighted by atomic mass is 79.9. The zero-order chi connectivity index (χ0) is 16.1. The Labute approximate surface area is 142 Å². The Balaban J connectivity index is 1.75. The van der Waals surface area contributed by atoms with Gasteiger partial charge in [0.1, 0.15) is 0 Å². The first-order valence-electron chi connectivity index (χ1n) is 8.29. The van der Waals surface area contributed by atoms with E-state index in [4.69, 9.17) is 9.47 Å². The molecule has 2 aliphatic heterocycles. The van der Waals surface area contributed by atoms with Crippen LogP contribution in [-0.2, 0) is 16.1 Å². The minimum atomic E-state index is -0.158. The van der Waals surface area contributed by atoms with E-state index in [1.165, 1.54) is 16.7 Å². The third-order valence-corrected chi connectivity index (χ3v) is 6.87. The maximum atomic E-state index is 6.51. The lowest BCUT2D eigenvalue weighted by Crippen LogP contribution is -2.44. The maximum absolute atomic E-state index is 6.51. The van der Waals surface area contributed by atoms with Gasteiger partial charge in [0.2, 0.25) is 0 Å². The average molecular weight is 367 g/mol. The van der Waals surface area contributed by atoms with E-state index in [1.807, 2.05) is 0 Å². The molecule has 2 aliphatic rings. The molecule has 3 rings (SSSR count). The van der Waals surface area contributed by atoms with Crippen molar-refractivity contribution in [3.8, 4) is 0 Å². The van der Waals surface area contributed by atoms with Crippen molar-refractivity contribution in [2.45, 2.75) is 76.2 Å². The predicted octanol–water partition coefficient (Wildman–Crippen LogP) is 4.93. The Kier molecular flexibility index (Phi) is 4.20. The van der Waals surface area contributed by atoms with Crippen LogP contribution in [0.1, 0.15) is 50.3 Å². The van der Waals surface area contributed by atoms with Crippen molar-refractivity contribution < 1.29 is 9.47 Å². The van der Waals surface area contributed by atoms with Gasteiger partial charge in [-0.3, -0.25) is 0 Å². The van der Waals surface area contributed by atoms with Gasteiger partial charge >= 0.3 is 0 Å². The van der Waals surface area contributed by atoms with Crippen LogP contribution in [0.15, 0.2) is 18.2 Å². The van der Waals surface area contributed by atoms with E-state index in [9.17, 15) is 0 Å². The Bertz CT molecular complexity index is 550. The quantitative estimate of drug-likeness (QED) is 0.703. The van der Waals surface area contributed by atoms with Gasteiger partial charge in [-0.05, 0) is 49.8 Å². The number of alkyl halides is 1. The van der Waals surface area contributed by atoms with Crippen molar-refractivity contribution in [1.29, 1.82) is 0 Å². The van der Waals surface area contributed by atoms with E-state index in [2.05, 4.69) is 68.7 Å². The highest BCUT2D eigenvalue weighted by Gasteiger charge is 2.65. The van der Waals surface area contributed by atoms with E-state index in [1.54, 1.807) is 0 Å². The Morgan fingerprint density at radius 3 is 2.45 bits per heavy atom. The Morgan fingerprint density at radius 1 is 1.27 bits per heavy atom. The molecule has 1 aromatic carbocycles. The van der Waals surface area contributed by atoms with Crippen LogP contribution in [0.4, 0.5) is 0 Å². The van der Waals surface area contributed by atoms with Crippen molar-refractivity contribution in [2.75, 3.05) is 0 Å². The van der Waals surface area contributed by atoms with Crippen LogP contribution in [0.25, 0.3) is 0 Å². The first-order valence-corrected chi connectivity index (χ1v) is 9.21. The zero-order valence-corrected chi connectivity index (χ0v) is 15.9. The molecule has 0 saturated carbocycles. The molecular formula is C19H27BrO2. The summed E-state index contributed by atoms with van der Waals surface area (Å²) < 4.78 is 12.9. The SMILES string of the molecule is Cc1cccc(C)c1CO[C@H]1C[C@@]2(C(C)C)O[C@]1(C)C[C@H]2Br. The number of hydrogen-bond donors (Lipinski definition) is 0. The van der Waals surface area contributed by atoms with Gasteiger partial charge in [-0.25, -0.2) is 0 Å². The summed E-state index contributed by atoms with van der Waals surface area (Å²) in [4.78, 5) is 0.435. The summed E-state index contributed by atoms with van der Waals surface area (Å²) >= 11 is 3.85. The van der Waals surface area contributed by atoms with Crippen molar-refractivity contribution in [3.63, 3.8) is 0 Å². The molecule has 0 N–H and O–H groups in total. The molecule has 2 saturated heterocycles. The first-order chi connectivity index (χ1) is 10.3. The van der Waals surface area contributed by atoms with Crippen LogP contribution in [0, 0.1) is 19.8 Å². The van der Waals surface area contributed by atoms with Crippen LogP contribution in [0.2, 0.25) is 0 Å². The van der Waals surface area contributed by atoms with Crippen LogP contribution in [-0.4, -0.2) is 22.1 Å². The van der Waals surface area contributed by atoms with Crippen molar-refractivity contribution in [3.05, 3.63) is 34.9 Å². The third-order valence-electron chi connectivity index (χ3n) is 5.77. The normalized spacial score (nSPS) is 37.2. The summed E-state index contributed by atoms with van der Waals surface area (Å²) in [6.07, 6.45) is 2.20. The molecule has 0 aliphatic carbocycles. The van der Waals surface area contributed by atoms with Gasteiger partial charge < -0.3 is 9.47 Å². The second-order valence-electron chi connectivity index (χ2n) is 7.57. The molecular weight excluding hydrogens is 340 g/mol. The van der Waals surface area contributed by atoms with Gasteiger partial charge in [-0.1, -0.05) is 48.0 Å². The summed E-state index contributed by atoms with van der Waals surface area (Å²) in [5, 5.41) is 0. The number of hydrogen-bond acceptors (Lipinski definition) is 2. The number of ether oxygens (including phenoxy) is 2. The van der Waals surface area contributed by atoms with Crippen LogP contribution < -0.4 is 0 Å². The van der Waals surface area contributed by atoms with E-state index < -0.39 is 0 Å². The Morgan fingerprint density at radius 2 is 1.91 bits per heavy atom. The van der Waals surface area contributed by atoms with Gasteiger partial charge in [0.15, 0.2) is 0 Å². The Hall–Kier alpha value is -0.380. The molecule has 3 heteroatoms. The number of halogens is 1. The highest BCUT2D eigenvalue weighted by Crippen LogP contribution is 2.57. The maximum Gasteiger partial charge on any atom is 0.0936 e. The van der Waals surface area contributed by atoms with Crippen molar-refractivity contribution in [2.24, 2.45) is 5.92 Å². The summed E-state index contributed by atoms with van der Waals surface area (Å²) in [5.74, 6) is 0.493. The molecule has 2 nitrogen and oxygen atoms in total. The highest BCUT2D eigenvalue weighted by molar-refractivity contribution is 9.09. The second kappa shape index (κ2) is 5.61. The predicted molar refractivity (Wildman–Crippen MR) is 93.5 cm³/mol. The van der Waals surface area contributed by atoms with Crippen LogP contribution in [0.5, 0.6) is 0 Å². The van der Waals surface area contributed by atoms with Crippen LogP contribution in [0.3, 0.4) is 0 Å². The number of fused-ring (bicyclic) bond motifs is 2. The monoisotopic (exact) mass is 366 g/mol. The van der Waals surface area contributed by atoms with Crippen molar-refractivity contribution >= 4 is 15.9 Å². The largest absolute Gasteiger partial charge is 0.370 e. The summed E-state index contributed by atoms with van der Waals surface area (Å²) in [6, 6.07) is 6.43. The second-order valence-corrected chi connectivity index (χ2v) is 8.68. The number of benzene rings is 1. The number of rotatable bonds is 4. The fraction of sp³-hybridized carbons (Fsp3) is 0.684. The molecule has 1 aromatic rings. The molecule has 4 atom stereocenters. The molecule has 2 fully saturated rings. The molecule has 0 radical (unpaired) electrons. The molecule has 2 heterocycles. The lowest BCUT2D eigenvalue weighted by molar-refractivity contribution is -0.0956. The minimum absolute atomic E-state index is 0.0693. The van der Waals surface area contributed by atoms with E-state index in [-0.39, 0.29) is 17.3 Å². The molecule has 0 aromatic heterocycles. The van der Waals surface area contributed by atoms with Gasteiger partial charge in [0, 0.05) is 11.2 Å². The van der Waals surface area contributed by atoms with Gasteiger partial charge in [0.05, 0.1) is 23.9 Å². The fourth-order valence-corrected chi connectivity index (χ4v) is 5.60. The summed E-state index contributed by atoms with van der Waals surface area (Å²) in [7, 11) is 0. The average Bonchev–Trinajstić information content (AvgIpc) is 2.86. The molecule has 0 spiro atoms. The summed E-state index contributed by atoms with van der Waals surface area (Å²) in [6.45, 7) is 11.7. The first kappa shape index (κ1) is 16.5. The van der Waals surface area contributed by atoms with Gasteiger partial charge in [0.25, 0.3) is 0 Å². The van der Waals surface area contributed by atoms with E-state index >= 15 is 0 Å². The zero-order valence-electron chi connectivity index (χ0n) is 14.3. The smallest absolute Gasteiger partial charge is 0.0936 e. The number of aryl methyl sites for hydroxylation is 2. The third kappa shape index (κ3) is 2.46. The van der Waals surface area contributed by atoms with Crippen molar-refractivity contribution in [1.82, 2.24) is 0 Å². The summed E-state index contributed by atoms with van der Waals surface area (Å²) in [5.41, 5.74) is 3.72. The van der Waals surface area contributed by atoms with Gasteiger partial charge in [-0.2, -0.15) is 0 Å². The van der Waals surface area contributed by atoms with E-state index in [0.717, 1.165) is 12.8 Å². The molecule has 0 unspecified atom stereocenters. The lowest BCUT2D eigenvalue weighted by atomic mass is 9.75. The van der Waals surface area contributed by atoms with Gasteiger partial charge in [-0.15, -0.1) is 0 Å². The van der Waals surface area contributed by atoms with E-state index in [0.29, 0.717) is 17.4 Å². The van der Waals surface area contributed by atoms with Crippen LogP contribution >= 0.6 is 15.9 Å². The minimum Gasteiger partial charge on any atom is -0.370 e. The molecule has 122 valence electrons.